The van der Waals surface area contributed by atoms with Crippen LogP contribution in [0.15, 0.2) is 17.5 Å². The highest BCUT2D eigenvalue weighted by Gasteiger charge is 2.04. The molecule has 0 saturated carbocycles. The van der Waals surface area contributed by atoms with Crippen LogP contribution in [0.2, 0.25) is 0 Å². The predicted molar refractivity (Wildman–Crippen MR) is 61.7 cm³/mol. The van der Waals surface area contributed by atoms with E-state index in [1.807, 2.05) is 6.92 Å². The summed E-state index contributed by atoms with van der Waals surface area (Å²) >= 11 is 1.77. The molecule has 0 aliphatic carbocycles. The number of aryl methyl sites for hydroxylation is 1. The number of hydrogen-bond donors (Lipinski definition) is 1. The van der Waals surface area contributed by atoms with Gasteiger partial charge in [-0.1, -0.05) is 6.92 Å². The van der Waals surface area contributed by atoms with Gasteiger partial charge in [0.1, 0.15) is 0 Å². The van der Waals surface area contributed by atoms with E-state index < -0.39 is 0 Å². The first-order valence-electron chi connectivity index (χ1n) is 4.85. The fraction of sp³-hybridized carbons (Fsp3) is 0.364. The third-order valence-electron chi connectivity index (χ3n) is 2.18. The van der Waals surface area contributed by atoms with E-state index in [0.717, 1.165) is 18.8 Å². The molecular formula is C11H14N2S. The second-order valence-corrected chi connectivity index (χ2v) is 4.25. The Morgan fingerprint density at radius 1 is 1.50 bits per heavy atom. The van der Waals surface area contributed by atoms with Crippen LogP contribution < -0.4 is 5.32 Å². The van der Waals surface area contributed by atoms with Crippen LogP contribution in [-0.4, -0.2) is 11.5 Å². The highest BCUT2D eigenvalue weighted by Crippen LogP contribution is 2.24. The van der Waals surface area contributed by atoms with E-state index in [-0.39, 0.29) is 0 Å². The molecule has 0 spiro atoms. The molecule has 0 aromatic carbocycles. The minimum absolute atomic E-state index is 0.870. The number of nitrogens with one attached hydrogen (secondary N) is 1. The first-order valence-corrected chi connectivity index (χ1v) is 5.73. The largest absolute Gasteiger partial charge is 0.311 e. The number of pyridine rings is 1. The van der Waals surface area contributed by atoms with Gasteiger partial charge in [0, 0.05) is 12.2 Å². The molecule has 0 bridgehead atoms. The van der Waals surface area contributed by atoms with E-state index in [2.05, 4.69) is 34.7 Å². The number of rotatable bonds is 3. The minimum atomic E-state index is 0.870. The Morgan fingerprint density at radius 2 is 2.36 bits per heavy atom. The van der Waals surface area contributed by atoms with Crippen molar-refractivity contribution < 1.29 is 0 Å². The van der Waals surface area contributed by atoms with Crippen LogP contribution in [-0.2, 0) is 6.54 Å². The molecule has 2 aromatic rings. The first kappa shape index (κ1) is 9.62. The van der Waals surface area contributed by atoms with Gasteiger partial charge in [-0.05, 0) is 36.4 Å². The Labute approximate surface area is 88.0 Å². The number of hydrogen-bond acceptors (Lipinski definition) is 3. The highest BCUT2D eigenvalue weighted by molar-refractivity contribution is 7.17. The normalized spacial score (nSPS) is 11.0. The van der Waals surface area contributed by atoms with Gasteiger partial charge in [-0.25, -0.2) is 0 Å². The fourth-order valence-electron chi connectivity index (χ4n) is 1.55. The van der Waals surface area contributed by atoms with E-state index in [1.165, 1.54) is 15.8 Å². The van der Waals surface area contributed by atoms with Crippen molar-refractivity contribution in [2.24, 2.45) is 0 Å². The molecule has 0 amide bonds. The molecule has 0 aliphatic heterocycles. The van der Waals surface area contributed by atoms with Gasteiger partial charge in [-0.3, -0.25) is 4.98 Å². The second kappa shape index (κ2) is 4.07. The Hall–Kier alpha value is -0.930. The zero-order valence-corrected chi connectivity index (χ0v) is 9.32. The number of nitrogens with zero attached hydrogens (tertiary/aromatic N) is 1. The maximum absolute atomic E-state index is 4.56. The van der Waals surface area contributed by atoms with Crippen molar-refractivity contribution in [1.29, 1.82) is 0 Å². The van der Waals surface area contributed by atoms with E-state index in [1.54, 1.807) is 11.3 Å². The molecule has 0 radical (unpaired) electrons. The van der Waals surface area contributed by atoms with Crippen molar-refractivity contribution >= 4 is 21.4 Å². The van der Waals surface area contributed by atoms with E-state index in [4.69, 9.17) is 0 Å². The lowest BCUT2D eigenvalue weighted by Gasteiger charge is -2.04. The van der Waals surface area contributed by atoms with Crippen molar-refractivity contribution in [2.75, 3.05) is 6.54 Å². The van der Waals surface area contributed by atoms with Crippen LogP contribution >= 0.6 is 11.3 Å². The molecule has 0 fully saturated rings. The highest BCUT2D eigenvalue weighted by atomic mass is 32.1. The molecule has 2 rings (SSSR count). The smallest absolute Gasteiger partial charge is 0.0722 e. The van der Waals surface area contributed by atoms with Crippen LogP contribution in [0.25, 0.3) is 10.1 Å². The van der Waals surface area contributed by atoms with Gasteiger partial charge < -0.3 is 5.32 Å². The van der Waals surface area contributed by atoms with Crippen LogP contribution in [0.5, 0.6) is 0 Å². The minimum Gasteiger partial charge on any atom is -0.311 e. The number of aromatic nitrogens is 1. The lowest BCUT2D eigenvalue weighted by atomic mass is 10.2. The zero-order chi connectivity index (χ0) is 9.97. The molecule has 0 saturated heterocycles. The van der Waals surface area contributed by atoms with Crippen molar-refractivity contribution in [1.82, 2.24) is 10.3 Å². The summed E-state index contributed by atoms with van der Waals surface area (Å²) in [6.07, 6.45) is 0. The van der Waals surface area contributed by atoms with Crippen LogP contribution in [0.1, 0.15) is 18.3 Å². The molecule has 0 atom stereocenters. The van der Waals surface area contributed by atoms with Gasteiger partial charge in [0.2, 0.25) is 0 Å². The maximum atomic E-state index is 4.56. The topological polar surface area (TPSA) is 24.9 Å². The van der Waals surface area contributed by atoms with Gasteiger partial charge in [-0.2, -0.15) is 0 Å². The molecule has 2 heterocycles. The standard InChI is InChI=1S/C11H14N2S/c1-3-12-7-10-11-9(4-5-14-11)6-8(2)13-10/h4-6,12H,3,7H2,1-2H3. The van der Waals surface area contributed by atoms with Crippen molar-refractivity contribution in [3.05, 3.63) is 28.9 Å². The summed E-state index contributed by atoms with van der Waals surface area (Å²) in [6, 6.07) is 4.30. The molecule has 2 nitrogen and oxygen atoms in total. The molecule has 0 unspecified atom stereocenters. The lowest BCUT2D eigenvalue weighted by Crippen LogP contribution is -2.13. The van der Waals surface area contributed by atoms with Gasteiger partial charge in [0.15, 0.2) is 0 Å². The number of fused-ring (bicyclic) bond motifs is 1. The lowest BCUT2D eigenvalue weighted by molar-refractivity contribution is 0.714. The van der Waals surface area contributed by atoms with E-state index >= 15 is 0 Å². The molecule has 3 heteroatoms. The van der Waals surface area contributed by atoms with Gasteiger partial charge in [0.05, 0.1) is 10.4 Å². The summed E-state index contributed by atoms with van der Waals surface area (Å²) in [5.41, 5.74) is 2.28. The quantitative estimate of drug-likeness (QED) is 0.835. The summed E-state index contributed by atoms with van der Waals surface area (Å²) in [5.74, 6) is 0. The second-order valence-electron chi connectivity index (χ2n) is 3.33. The molecule has 1 N–H and O–H groups in total. The van der Waals surface area contributed by atoms with E-state index in [9.17, 15) is 0 Å². The average molecular weight is 206 g/mol. The summed E-state index contributed by atoms with van der Waals surface area (Å²) in [5, 5.41) is 6.76. The molecule has 74 valence electrons. The average Bonchev–Trinajstić information content (AvgIpc) is 2.61. The van der Waals surface area contributed by atoms with Crippen molar-refractivity contribution in [2.45, 2.75) is 20.4 Å². The molecule has 2 aromatic heterocycles. The van der Waals surface area contributed by atoms with E-state index in [0.29, 0.717) is 0 Å². The van der Waals surface area contributed by atoms with Crippen molar-refractivity contribution in [3.8, 4) is 0 Å². The Bertz CT molecular complexity index is 434. The first-order chi connectivity index (χ1) is 6.81. The van der Waals surface area contributed by atoms with Gasteiger partial charge in [-0.15, -0.1) is 11.3 Å². The monoisotopic (exact) mass is 206 g/mol. The summed E-state index contributed by atoms with van der Waals surface area (Å²) in [6.45, 7) is 6.02. The summed E-state index contributed by atoms with van der Waals surface area (Å²) < 4.78 is 1.32. The Balaban J connectivity index is 2.44. The molecular weight excluding hydrogens is 192 g/mol. The Morgan fingerprint density at radius 3 is 3.14 bits per heavy atom. The predicted octanol–water partition coefficient (Wildman–Crippen LogP) is 2.71. The van der Waals surface area contributed by atoms with Gasteiger partial charge >= 0.3 is 0 Å². The van der Waals surface area contributed by atoms with Crippen molar-refractivity contribution in [3.63, 3.8) is 0 Å². The van der Waals surface area contributed by atoms with Crippen LogP contribution in [0, 0.1) is 6.92 Å². The molecule has 14 heavy (non-hydrogen) atoms. The SMILES string of the molecule is CCNCc1nc(C)cc2ccsc12. The zero-order valence-electron chi connectivity index (χ0n) is 8.50. The number of thiophene rings is 1. The maximum Gasteiger partial charge on any atom is 0.0722 e. The van der Waals surface area contributed by atoms with Crippen LogP contribution in [0.3, 0.4) is 0 Å². The van der Waals surface area contributed by atoms with Crippen LogP contribution in [0.4, 0.5) is 0 Å². The van der Waals surface area contributed by atoms with Gasteiger partial charge in [0.25, 0.3) is 0 Å². The fourth-order valence-corrected chi connectivity index (χ4v) is 2.42. The molecule has 0 aliphatic rings. The summed E-state index contributed by atoms with van der Waals surface area (Å²) in [7, 11) is 0. The Kier molecular flexibility index (Phi) is 2.79. The third-order valence-corrected chi connectivity index (χ3v) is 3.16. The summed E-state index contributed by atoms with van der Waals surface area (Å²) in [4.78, 5) is 4.56. The third kappa shape index (κ3) is 1.79.